The number of hydrogen-bond donors (Lipinski definition) is 0. The summed E-state index contributed by atoms with van der Waals surface area (Å²) in [5, 5.41) is 2.85. The molecule has 0 amide bonds. The van der Waals surface area contributed by atoms with Crippen LogP contribution >= 0.6 is 0 Å². The summed E-state index contributed by atoms with van der Waals surface area (Å²) in [5.74, 6) is 2.18. The van der Waals surface area contributed by atoms with Crippen LogP contribution in [0, 0.1) is 17.3 Å². The molecule has 3 aromatic rings. The van der Waals surface area contributed by atoms with Crippen LogP contribution in [0.5, 0.6) is 0 Å². The van der Waals surface area contributed by atoms with Crippen molar-refractivity contribution in [1.29, 1.82) is 0 Å². The lowest BCUT2D eigenvalue weighted by Crippen LogP contribution is -2.40. The van der Waals surface area contributed by atoms with Gasteiger partial charge in [0.25, 0.3) is 0 Å². The van der Waals surface area contributed by atoms with Gasteiger partial charge in [0, 0.05) is 0 Å². The van der Waals surface area contributed by atoms with Gasteiger partial charge in [-0.1, -0.05) is 100 Å². The molecule has 0 heteroatoms. The van der Waals surface area contributed by atoms with E-state index in [0.29, 0.717) is 17.3 Å². The van der Waals surface area contributed by atoms with E-state index in [1.807, 2.05) is 0 Å². The van der Waals surface area contributed by atoms with E-state index >= 15 is 0 Å². The summed E-state index contributed by atoms with van der Waals surface area (Å²) in [7, 11) is 0. The molecule has 0 bridgehead atoms. The van der Waals surface area contributed by atoms with E-state index in [4.69, 9.17) is 0 Å². The minimum atomic E-state index is 0.385. The second kappa shape index (κ2) is 7.17. The van der Waals surface area contributed by atoms with Crippen LogP contribution in [0.2, 0.25) is 0 Å². The standard InChI is InChI=1S/C29H32/c1-4-22-13-14-27-26-16-15-23-21(19-20-9-6-5-7-10-20)11-8-12-24(23)25(26)17-18-28(27)29(22,2)3/h5-12,15-18,22,27-28H,4,13-14,19H2,1-3H3. The zero-order chi connectivity index (χ0) is 20.0. The predicted octanol–water partition coefficient (Wildman–Crippen LogP) is 8.00. The van der Waals surface area contributed by atoms with E-state index < -0.39 is 0 Å². The molecule has 2 aliphatic rings. The molecule has 0 saturated heterocycles. The van der Waals surface area contributed by atoms with Crippen molar-refractivity contribution in [3.8, 4) is 0 Å². The molecule has 3 unspecified atom stereocenters. The highest BCUT2D eigenvalue weighted by atomic mass is 14.5. The largest absolute Gasteiger partial charge is 0.0796 e. The summed E-state index contributed by atoms with van der Waals surface area (Å²) < 4.78 is 0. The lowest BCUT2D eigenvalue weighted by atomic mass is 9.54. The summed E-state index contributed by atoms with van der Waals surface area (Å²) in [6, 6.07) is 22.6. The Morgan fingerprint density at radius 3 is 2.48 bits per heavy atom. The summed E-state index contributed by atoms with van der Waals surface area (Å²) in [5.41, 5.74) is 6.26. The van der Waals surface area contributed by atoms with Crippen LogP contribution < -0.4 is 0 Å². The minimum Gasteiger partial charge on any atom is -0.0796 e. The Balaban J connectivity index is 1.58. The third-order valence-corrected chi connectivity index (χ3v) is 8.00. The van der Waals surface area contributed by atoms with E-state index in [9.17, 15) is 0 Å². The Bertz CT molecular complexity index is 1050. The molecule has 3 atom stereocenters. The maximum absolute atomic E-state index is 2.55. The van der Waals surface area contributed by atoms with E-state index in [1.54, 1.807) is 5.56 Å². The van der Waals surface area contributed by atoms with Gasteiger partial charge in [0.1, 0.15) is 0 Å². The molecule has 0 aliphatic heterocycles. The Morgan fingerprint density at radius 2 is 1.69 bits per heavy atom. The van der Waals surface area contributed by atoms with Crippen LogP contribution in [0.4, 0.5) is 0 Å². The average molecular weight is 381 g/mol. The van der Waals surface area contributed by atoms with Crippen molar-refractivity contribution in [1.82, 2.24) is 0 Å². The molecule has 0 nitrogen and oxygen atoms in total. The number of fused-ring (bicyclic) bond motifs is 5. The molecular weight excluding hydrogens is 348 g/mol. The zero-order valence-electron chi connectivity index (χ0n) is 18.0. The second-order valence-corrected chi connectivity index (χ2v) is 9.74. The van der Waals surface area contributed by atoms with Crippen molar-refractivity contribution in [2.75, 3.05) is 0 Å². The van der Waals surface area contributed by atoms with Gasteiger partial charge in [-0.2, -0.15) is 0 Å². The summed E-state index contributed by atoms with van der Waals surface area (Å²) in [6.45, 7) is 7.38. The van der Waals surface area contributed by atoms with Crippen LogP contribution in [-0.2, 0) is 6.42 Å². The zero-order valence-corrected chi connectivity index (χ0v) is 18.0. The number of hydrogen-bond acceptors (Lipinski definition) is 0. The molecule has 0 spiro atoms. The average Bonchev–Trinajstić information content (AvgIpc) is 2.74. The first-order valence-corrected chi connectivity index (χ1v) is 11.4. The summed E-state index contributed by atoms with van der Waals surface area (Å²) in [6.07, 6.45) is 10.0. The van der Waals surface area contributed by atoms with Crippen LogP contribution in [-0.4, -0.2) is 0 Å². The van der Waals surface area contributed by atoms with Gasteiger partial charge in [0.2, 0.25) is 0 Å². The monoisotopic (exact) mass is 380 g/mol. The molecule has 1 fully saturated rings. The third kappa shape index (κ3) is 3.05. The van der Waals surface area contributed by atoms with E-state index in [1.165, 1.54) is 46.7 Å². The van der Waals surface area contributed by atoms with E-state index in [2.05, 4.69) is 93.6 Å². The number of allylic oxidation sites excluding steroid dienone is 1. The highest BCUT2D eigenvalue weighted by Gasteiger charge is 2.45. The van der Waals surface area contributed by atoms with Gasteiger partial charge < -0.3 is 0 Å². The van der Waals surface area contributed by atoms with Gasteiger partial charge in [-0.25, -0.2) is 0 Å². The fourth-order valence-electron chi connectivity index (χ4n) is 6.33. The first kappa shape index (κ1) is 18.7. The summed E-state index contributed by atoms with van der Waals surface area (Å²) >= 11 is 0. The Hall–Kier alpha value is -2.34. The SMILES string of the molecule is CCC1CCC2c3ccc4c(Cc5ccccc5)cccc4c3C=CC2C1(C)C. The fourth-order valence-corrected chi connectivity index (χ4v) is 6.33. The highest BCUT2D eigenvalue weighted by Crippen LogP contribution is 2.56. The highest BCUT2D eigenvalue weighted by molar-refractivity contribution is 5.95. The topological polar surface area (TPSA) is 0 Å². The first-order chi connectivity index (χ1) is 14.1. The van der Waals surface area contributed by atoms with Crippen LogP contribution in [0.3, 0.4) is 0 Å². The van der Waals surface area contributed by atoms with Gasteiger partial charge in [-0.15, -0.1) is 0 Å². The van der Waals surface area contributed by atoms with Gasteiger partial charge in [-0.05, 0) is 75.5 Å². The number of rotatable bonds is 3. The normalized spacial score (nSPS) is 24.9. The summed E-state index contributed by atoms with van der Waals surface area (Å²) in [4.78, 5) is 0. The fraction of sp³-hybridized carbons (Fsp3) is 0.379. The Morgan fingerprint density at radius 1 is 0.862 bits per heavy atom. The van der Waals surface area contributed by atoms with Crippen molar-refractivity contribution < 1.29 is 0 Å². The molecule has 5 rings (SSSR count). The van der Waals surface area contributed by atoms with Crippen LogP contribution in [0.15, 0.2) is 66.7 Å². The molecule has 0 radical (unpaired) electrons. The van der Waals surface area contributed by atoms with Gasteiger partial charge in [0.15, 0.2) is 0 Å². The van der Waals surface area contributed by atoms with Crippen molar-refractivity contribution >= 4 is 16.8 Å². The minimum absolute atomic E-state index is 0.385. The van der Waals surface area contributed by atoms with Gasteiger partial charge in [-0.3, -0.25) is 0 Å². The maximum atomic E-state index is 2.55. The molecule has 1 saturated carbocycles. The molecular formula is C29H32. The van der Waals surface area contributed by atoms with Crippen molar-refractivity contribution in [3.63, 3.8) is 0 Å². The van der Waals surface area contributed by atoms with E-state index in [0.717, 1.165) is 12.3 Å². The van der Waals surface area contributed by atoms with E-state index in [-0.39, 0.29) is 0 Å². The molecule has 148 valence electrons. The van der Waals surface area contributed by atoms with Gasteiger partial charge in [0.05, 0.1) is 0 Å². The van der Waals surface area contributed by atoms with Crippen molar-refractivity contribution in [2.45, 2.75) is 52.4 Å². The molecule has 2 aliphatic carbocycles. The molecule has 29 heavy (non-hydrogen) atoms. The number of benzene rings is 3. The van der Waals surface area contributed by atoms with Crippen molar-refractivity contribution in [3.05, 3.63) is 89.0 Å². The molecule has 3 aromatic carbocycles. The first-order valence-electron chi connectivity index (χ1n) is 11.4. The molecule has 0 N–H and O–H groups in total. The second-order valence-electron chi connectivity index (χ2n) is 9.74. The lowest BCUT2D eigenvalue weighted by Gasteiger charge is -2.50. The lowest BCUT2D eigenvalue weighted by molar-refractivity contribution is 0.0663. The predicted molar refractivity (Wildman–Crippen MR) is 125 cm³/mol. The maximum Gasteiger partial charge on any atom is -0.00196 e. The van der Waals surface area contributed by atoms with Crippen molar-refractivity contribution in [2.24, 2.45) is 17.3 Å². The van der Waals surface area contributed by atoms with Crippen LogP contribution in [0.1, 0.15) is 68.2 Å². The van der Waals surface area contributed by atoms with Gasteiger partial charge >= 0.3 is 0 Å². The molecule has 0 heterocycles. The Labute approximate surface area is 175 Å². The smallest absolute Gasteiger partial charge is 0.00196 e. The Kier molecular flexibility index (Phi) is 4.62. The molecule has 0 aromatic heterocycles. The van der Waals surface area contributed by atoms with Crippen LogP contribution in [0.25, 0.3) is 16.8 Å². The quantitative estimate of drug-likeness (QED) is 0.432. The third-order valence-electron chi connectivity index (χ3n) is 8.00.